The molecule has 3 aromatic heterocycles. The first-order valence-corrected chi connectivity index (χ1v) is 8.92. The molecule has 0 amide bonds. The zero-order chi connectivity index (χ0) is 13.8. The van der Waals surface area contributed by atoms with Crippen LogP contribution in [0.3, 0.4) is 0 Å². The summed E-state index contributed by atoms with van der Waals surface area (Å²) in [5.41, 5.74) is 2.00. The molecule has 2 N–H and O–H groups in total. The third kappa shape index (κ3) is 3.34. The number of aromatic nitrogens is 1. The highest BCUT2D eigenvalue weighted by molar-refractivity contribution is 7.20. The smallest absolute Gasteiger partial charge is 0.133 e. The van der Waals surface area contributed by atoms with Crippen molar-refractivity contribution in [1.29, 1.82) is 0 Å². The average Bonchev–Trinajstić information content (AvgIpc) is 3.20. The standard InChI is InChI=1S/C14H14N2OS3/c17-12(10-3-5-18-8-10)7-15-6-11-9-20-14(16-11)13-2-1-4-19-13/h1-5,8-9,12,15,17H,6-7H2. The average molecular weight is 322 g/mol. The molecule has 0 aliphatic heterocycles. The summed E-state index contributed by atoms with van der Waals surface area (Å²) in [6.07, 6.45) is -0.448. The van der Waals surface area contributed by atoms with Crippen LogP contribution < -0.4 is 5.32 Å². The SMILES string of the molecule is OC(CNCc1csc(-c2cccs2)n1)c1ccsc1. The number of hydrogen-bond acceptors (Lipinski definition) is 6. The second-order valence-corrected chi connectivity index (χ2v) is 6.91. The van der Waals surface area contributed by atoms with Crippen LogP contribution >= 0.6 is 34.0 Å². The van der Waals surface area contributed by atoms with Crippen LogP contribution in [0, 0.1) is 0 Å². The van der Waals surface area contributed by atoms with E-state index in [1.165, 1.54) is 4.88 Å². The van der Waals surface area contributed by atoms with Gasteiger partial charge in [-0.05, 0) is 33.8 Å². The van der Waals surface area contributed by atoms with Crippen LogP contribution in [0.25, 0.3) is 9.88 Å². The van der Waals surface area contributed by atoms with E-state index in [1.54, 1.807) is 34.0 Å². The Hall–Kier alpha value is -1.05. The fourth-order valence-corrected chi connectivity index (χ4v) is 4.16. The number of thiazole rings is 1. The second kappa shape index (κ2) is 6.60. The van der Waals surface area contributed by atoms with Gasteiger partial charge in [-0.2, -0.15) is 11.3 Å². The van der Waals surface area contributed by atoms with Crippen molar-refractivity contribution in [1.82, 2.24) is 10.3 Å². The van der Waals surface area contributed by atoms with Gasteiger partial charge in [0.15, 0.2) is 0 Å². The van der Waals surface area contributed by atoms with Crippen LogP contribution in [0.5, 0.6) is 0 Å². The van der Waals surface area contributed by atoms with E-state index in [0.29, 0.717) is 13.1 Å². The van der Waals surface area contributed by atoms with Gasteiger partial charge in [-0.25, -0.2) is 4.98 Å². The van der Waals surface area contributed by atoms with E-state index in [0.717, 1.165) is 16.3 Å². The second-order valence-electron chi connectivity index (χ2n) is 4.32. The lowest BCUT2D eigenvalue weighted by Gasteiger charge is -2.09. The molecule has 0 saturated heterocycles. The highest BCUT2D eigenvalue weighted by Gasteiger charge is 2.09. The van der Waals surface area contributed by atoms with E-state index in [4.69, 9.17) is 0 Å². The monoisotopic (exact) mass is 322 g/mol. The Morgan fingerprint density at radius 2 is 2.15 bits per heavy atom. The van der Waals surface area contributed by atoms with Crippen molar-refractivity contribution in [2.75, 3.05) is 6.54 Å². The number of nitrogens with one attached hydrogen (secondary N) is 1. The summed E-state index contributed by atoms with van der Waals surface area (Å²) in [6, 6.07) is 6.08. The van der Waals surface area contributed by atoms with Gasteiger partial charge in [-0.1, -0.05) is 6.07 Å². The van der Waals surface area contributed by atoms with Crippen LogP contribution in [-0.4, -0.2) is 16.6 Å². The summed E-state index contributed by atoms with van der Waals surface area (Å²) in [6.45, 7) is 1.23. The minimum Gasteiger partial charge on any atom is -0.387 e. The van der Waals surface area contributed by atoms with Crippen molar-refractivity contribution in [3.8, 4) is 9.88 Å². The van der Waals surface area contributed by atoms with Crippen LogP contribution in [0.4, 0.5) is 0 Å². The van der Waals surface area contributed by atoms with Gasteiger partial charge in [0.2, 0.25) is 0 Å². The summed E-state index contributed by atoms with van der Waals surface area (Å²) in [5.74, 6) is 0. The molecule has 3 nitrogen and oxygen atoms in total. The topological polar surface area (TPSA) is 45.1 Å². The molecule has 6 heteroatoms. The first kappa shape index (κ1) is 13.9. The maximum absolute atomic E-state index is 9.97. The Morgan fingerprint density at radius 1 is 1.20 bits per heavy atom. The van der Waals surface area contributed by atoms with Crippen molar-refractivity contribution in [3.05, 3.63) is 51.0 Å². The third-order valence-electron chi connectivity index (χ3n) is 2.86. The van der Waals surface area contributed by atoms with Gasteiger partial charge in [0, 0.05) is 18.5 Å². The van der Waals surface area contributed by atoms with Gasteiger partial charge in [0.25, 0.3) is 0 Å². The summed E-state index contributed by atoms with van der Waals surface area (Å²) in [5, 5.41) is 22.4. The Morgan fingerprint density at radius 3 is 2.90 bits per heavy atom. The van der Waals surface area contributed by atoms with E-state index >= 15 is 0 Å². The predicted octanol–water partition coefficient (Wildman–Crippen LogP) is 3.76. The summed E-state index contributed by atoms with van der Waals surface area (Å²) in [4.78, 5) is 5.81. The Labute approximate surface area is 129 Å². The van der Waals surface area contributed by atoms with Crippen molar-refractivity contribution in [2.24, 2.45) is 0 Å². The number of hydrogen-bond donors (Lipinski definition) is 2. The van der Waals surface area contributed by atoms with Crippen LogP contribution in [0.2, 0.25) is 0 Å². The number of thiophene rings is 2. The molecule has 0 spiro atoms. The van der Waals surface area contributed by atoms with E-state index in [9.17, 15) is 5.11 Å². The molecule has 0 radical (unpaired) electrons. The van der Waals surface area contributed by atoms with E-state index in [-0.39, 0.29) is 0 Å². The predicted molar refractivity (Wildman–Crippen MR) is 86.4 cm³/mol. The van der Waals surface area contributed by atoms with Crippen molar-refractivity contribution in [2.45, 2.75) is 12.6 Å². The normalized spacial score (nSPS) is 12.7. The van der Waals surface area contributed by atoms with Crippen molar-refractivity contribution < 1.29 is 5.11 Å². The van der Waals surface area contributed by atoms with Crippen LogP contribution in [0.1, 0.15) is 17.4 Å². The first-order valence-electron chi connectivity index (χ1n) is 6.22. The lowest BCUT2D eigenvalue weighted by molar-refractivity contribution is 0.174. The zero-order valence-corrected chi connectivity index (χ0v) is 13.1. The van der Waals surface area contributed by atoms with Crippen molar-refractivity contribution >= 4 is 34.0 Å². The minimum absolute atomic E-state index is 0.448. The molecule has 1 atom stereocenters. The van der Waals surface area contributed by atoms with Gasteiger partial charge in [-0.3, -0.25) is 0 Å². The van der Waals surface area contributed by atoms with E-state index < -0.39 is 6.10 Å². The Balaban J connectivity index is 1.52. The molecule has 0 bridgehead atoms. The first-order chi connectivity index (χ1) is 9.83. The fraction of sp³-hybridized carbons (Fsp3) is 0.214. The van der Waals surface area contributed by atoms with Crippen molar-refractivity contribution in [3.63, 3.8) is 0 Å². The number of aliphatic hydroxyl groups excluding tert-OH is 1. The number of nitrogens with zero attached hydrogens (tertiary/aromatic N) is 1. The molecular weight excluding hydrogens is 308 g/mol. The van der Waals surface area contributed by atoms with Crippen LogP contribution in [0.15, 0.2) is 39.7 Å². The molecule has 3 aromatic rings. The van der Waals surface area contributed by atoms with Gasteiger partial charge >= 0.3 is 0 Å². The lowest BCUT2D eigenvalue weighted by Crippen LogP contribution is -2.20. The van der Waals surface area contributed by atoms with Gasteiger partial charge in [0.05, 0.1) is 16.7 Å². The molecule has 1 unspecified atom stereocenters. The lowest BCUT2D eigenvalue weighted by atomic mass is 10.2. The Bertz CT molecular complexity index is 631. The number of aliphatic hydroxyl groups is 1. The van der Waals surface area contributed by atoms with Gasteiger partial charge in [-0.15, -0.1) is 22.7 Å². The molecule has 0 aliphatic carbocycles. The van der Waals surface area contributed by atoms with Gasteiger partial charge < -0.3 is 10.4 Å². The van der Waals surface area contributed by atoms with E-state index in [2.05, 4.69) is 27.1 Å². The summed E-state index contributed by atoms with van der Waals surface area (Å²) < 4.78 is 0. The molecule has 20 heavy (non-hydrogen) atoms. The summed E-state index contributed by atoms with van der Waals surface area (Å²) >= 11 is 4.97. The highest BCUT2D eigenvalue weighted by Crippen LogP contribution is 2.27. The molecular formula is C14H14N2OS3. The molecule has 0 aliphatic rings. The highest BCUT2D eigenvalue weighted by atomic mass is 32.1. The molecule has 3 heterocycles. The Kier molecular flexibility index (Phi) is 4.59. The maximum Gasteiger partial charge on any atom is 0.133 e. The molecule has 3 rings (SSSR count). The van der Waals surface area contributed by atoms with Gasteiger partial charge in [0.1, 0.15) is 5.01 Å². The molecule has 0 aromatic carbocycles. The number of rotatable bonds is 6. The molecule has 0 saturated carbocycles. The van der Waals surface area contributed by atoms with Crippen LogP contribution in [-0.2, 0) is 6.54 Å². The largest absolute Gasteiger partial charge is 0.387 e. The molecule has 104 valence electrons. The maximum atomic E-state index is 9.97. The third-order valence-corrected chi connectivity index (χ3v) is 5.49. The summed E-state index contributed by atoms with van der Waals surface area (Å²) in [7, 11) is 0. The minimum atomic E-state index is -0.448. The fourth-order valence-electron chi connectivity index (χ4n) is 1.82. The zero-order valence-electron chi connectivity index (χ0n) is 10.7. The quantitative estimate of drug-likeness (QED) is 0.726. The van der Waals surface area contributed by atoms with E-state index in [1.807, 2.05) is 22.9 Å². The molecule has 0 fully saturated rings.